The summed E-state index contributed by atoms with van der Waals surface area (Å²) < 4.78 is 30.0. The molecule has 2 unspecified atom stereocenters. The first-order valence-corrected chi connectivity index (χ1v) is 7.09. The number of rotatable bonds is 4. The topological polar surface area (TPSA) is 43.4 Å². The average Bonchev–Trinajstić information content (AvgIpc) is 3.07. The van der Waals surface area contributed by atoms with Gasteiger partial charge in [-0.25, -0.2) is 8.42 Å². The molecule has 1 aliphatic rings. The zero-order chi connectivity index (χ0) is 12.5. The zero-order valence-corrected chi connectivity index (χ0v) is 10.8. The van der Waals surface area contributed by atoms with Gasteiger partial charge in [0.05, 0.1) is 4.90 Å². The largest absolute Gasteiger partial charge is 0.373 e. The molecule has 0 N–H and O–H groups in total. The normalized spacial score (nSPS) is 28.5. The number of sulfone groups is 1. The van der Waals surface area contributed by atoms with Gasteiger partial charge in [-0.05, 0) is 19.1 Å². The van der Waals surface area contributed by atoms with Crippen LogP contribution in [0.3, 0.4) is 0 Å². The molecule has 92 valence electrons. The van der Waals surface area contributed by atoms with E-state index in [1.165, 1.54) is 0 Å². The van der Waals surface area contributed by atoms with E-state index in [-0.39, 0.29) is 0 Å². The van der Waals surface area contributed by atoms with Crippen LogP contribution >= 0.6 is 0 Å². The van der Waals surface area contributed by atoms with E-state index in [0.717, 1.165) is 0 Å². The SMILES string of the molecule is C/C=C/C1(OC)CC1S(=O)(=O)c1ccccc1. The van der Waals surface area contributed by atoms with Crippen LogP contribution < -0.4 is 0 Å². The fraction of sp³-hybridized carbons (Fsp3) is 0.385. The summed E-state index contributed by atoms with van der Waals surface area (Å²) in [6, 6.07) is 8.54. The monoisotopic (exact) mass is 252 g/mol. The van der Waals surface area contributed by atoms with Gasteiger partial charge in [-0.15, -0.1) is 0 Å². The first kappa shape index (κ1) is 12.3. The molecule has 0 bridgehead atoms. The second kappa shape index (κ2) is 4.27. The first-order valence-electron chi connectivity index (χ1n) is 5.55. The van der Waals surface area contributed by atoms with E-state index in [2.05, 4.69) is 0 Å². The molecule has 1 fully saturated rings. The number of methoxy groups -OCH3 is 1. The number of benzene rings is 1. The predicted molar refractivity (Wildman–Crippen MR) is 66.6 cm³/mol. The molecule has 1 aromatic carbocycles. The van der Waals surface area contributed by atoms with Gasteiger partial charge in [-0.1, -0.05) is 30.4 Å². The van der Waals surface area contributed by atoms with Crippen molar-refractivity contribution in [2.75, 3.05) is 7.11 Å². The van der Waals surface area contributed by atoms with E-state index in [1.807, 2.05) is 19.1 Å². The van der Waals surface area contributed by atoms with Crippen molar-refractivity contribution < 1.29 is 13.2 Å². The molecule has 0 amide bonds. The van der Waals surface area contributed by atoms with Crippen LogP contribution in [0.25, 0.3) is 0 Å². The second-order valence-corrected chi connectivity index (χ2v) is 6.34. The van der Waals surface area contributed by atoms with Crippen molar-refractivity contribution in [3.63, 3.8) is 0 Å². The highest BCUT2D eigenvalue weighted by Crippen LogP contribution is 2.48. The Labute approximate surface area is 102 Å². The van der Waals surface area contributed by atoms with Gasteiger partial charge >= 0.3 is 0 Å². The number of hydrogen-bond acceptors (Lipinski definition) is 3. The predicted octanol–water partition coefficient (Wildman–Crippen LogP) is 2.19. The Morgan fingerprint density at radius 3 is 2.53 bits per heavy atom. The van der Waals surface area contributed by atoms with Crippen molar-refractivity contribution in [2.45, 2.75) is 29.1 Å². The third kappa shape index (κ3) is 2.03. The van der Waals surface area contributed by atoms with Crippen LogP contribution in [0.15, 0.2) is 47.4 Å². The molecular formula is C13H16O3S. The van der Waals surface area contributed by atoms with Crippen molar-refractivity contribution in [3.8, 4) is 0 Å². The molecule has 1 aliphatic carbocycles. The Morgan fingerprint density at radius 2 is 2.00 bits per heavy atom. The molecule has 17 heavy (non-hydrogen) atoms. The molecule has 4 heteroatoms. The van der Waals surface area contributed by atoms with Crippen molar-refractivity contribution in [1.29, 1.82) is 0 Å². The lowest BCUT2D eigenvalue weighted by atomic mass is 10.3. The third-order valence-corrected chi connectivity index (χ3v) is 5.41. The van der Waals surface area contributed by atoms with Crippen LogP contribution in [0, 0.1) is 0 Å². The maximum atomic E-state index is 12.3. The third-order valence-electron chi connectivity index (χ3n) is 3.16. The molecule has 2 atom stereocenters. The van der Waals surface area contributed by atoms with Gasteiger partial charge in [-0.3, -0.25) is 0 Å². The summed E-state index contributed by atoms with van der Waals surface area (Å²) in [5, 5.41) is -0.460. The van der Waals surface area contributed by atoms with Gasteiger partial charge < -0.3 is 4.74 Å². The van der Waals surface area contributed by atoms with E-state index in [1.54, 1.807) is 37.4 Å². The van der Waals surface area contributed by atoms with Gasteiger partial charge in [-0.2, -0.15) is 0 Å². The van der Waals surface area contributed by atoms with Gasteiger partial charge in [0.15, 0.2) is 9.84 Å². The van der Waals surface area contributed by atoms with E-state index < -0.39 is 20.7 Å². The van der Waals surface area contributed by atoms with Crippen LogP contribution in [0.5, 0.6) is 0 Å². The molecule has 0 aliphatic heterocycles. The highest BCUT2D eigenvalue weighted by Gasteiger charge is 2.60. The van der Waals surface area contributed by atoms with Crippen molar-refractivity contribution in [1.82, 2.24) is 0 Å². The standard InChI is InChI=1S/C13H16O3S/c1-3-9-13(16-2)10-12(13)17(14,15)11-7-5-4-6-8-11/h3-9,12H,10H2,1-2H3/b9-3+. The smallest absolute Gasteiger partial charge is 0.184 e. The number of hydrogen-bond donors (Lipinski definition) is 0. The Kier molecular flexibility index (Phi) is 3.10. The van der Waals surface area contributed by atoms with Crippen LogP contribution in [0.2, 0.25) is 0 Å². The molecule has 0 radical (unpaired) electrons. The molecule has 1 aromatic rings. The minimum absolute atomic E-state index is 0.369. The minimum atomic E-state index is -3.28. The van der Waals surface area contributed by atoms with Crippen molar-refractivity contribution in [2.24, 2.45) is 0 Å². The molecule has 0 spiro atoms. The lowest BCUT2D eigenvalue weighted by molar-refractivity contribution is 0.122. The summed E-state index contributed by atoms with van der Waals surface area (Å²) in [6.07, 6.45) is 4.20. The Morgan fingerprint density at radius 1 is 1.35 bits per heavy atom. The second-order valence-electron chi connectivity index (χ2n) is 4.21. The summed E-state index contributed by atoms with van der Waals surface area (Å²) in [6.45, 7) is 1.87. The summed E-state index contributed by atoms with van der Waals surface area (Å²) in [5.41, 5.74) is -0.622. The highest BCUT2D eigenvalue weighted by atomic mass is 32.2. The zero-order valence-electron chi connectivity index (χ0n) is 9.96. The van der Waals surface area contributed by atoms with Gasteiger partial charge in [0.1, 0.15) is 10.9 Å². The molecule has 0 aromatic heterocycles. The first-order chi connectivity index (χ1) is 8.07. The van der Waals surface area contributed by atoms with Crippen LogP contribution in [0.4, 0.5) is 0 Å². The Bertz CT molecular complexity index is 519. The fourth-order valence-electron chi connectivity index (χ4n) is 2.12. The Balaban J connectivity index is 2.32. The molecule has 0 heterocycles. The molecule has 0 saturated heterocycles. The maximum Gasteiger partial charge on any atom is 0.184 e. The van der Waals surface area contributed by atoms with Crippen molar-refractivity contribution in [3.05, 3.63) is 42.5 Å². The van der Waals surface area contributed by atoms with Gasteiger partial charge in [0, 0.05) is 13.5 Å². The summed E-state index contributed by atoms with van der Waals surface area (Å²) in [5.74, 6) is 0. The summed E-state index contributed by atoms with van der Waals surface area (Å²) >= 11 is 0. The van der Waals surface area contributed by atoms with Gasteiger partial charge in [0.25, 0.3) is 0 Å². The quantitative estimate of drug-likeness (QED) is 0.771. The lowest BCUT2D eigenvalue weighted by Crippen LogP contribution is -2.21. The van der Waals surface area contributed by atoms with Crippen LogP contribution in [0.1, 0.15) is 13.3 Å². The fourth-order valence-corrected chi connectivity index (χ4v) is 4.16. The number of ether oxygens (including phenoxy) is 1. The van der Waals surface area contributed by atoms with E-state index in [9.17, 15) is 8.42 Å². The van der Waals surface area contributed by atoms with Gasteiger partial charge in [0.2, 0.25) is 0 Å². The molecule has 2 rings (SSSR count). The van der Waals surface area contributed by atoms with E-state index in [0.29, 0.717) is 11.3 Å². The summed E-state index contributed by atoms with van der Waals surface area (Å²) in [7, 11) is -1.73. The van der Waals surface area contributed by atoms with E-state index in [4.69, 9.17) is 4.74 Å². The average molecular weight is 252 g/mol. The van der Waals surface area contributed by atoms with Crippen LogP contribution in [-0.2, 0) is 14.6 Å². The highest BCUT2D eigenvalue weighted by molar-refractivity contribution is 7.92. The Hall–Kier alpha value is -1.13. The molecule has 1 saturated carbocycles. The lowest BCUT2D eigenvalue weighted by Gasteiger charge is -2.11. The molecular weight excluding hydrogens is 236 g/mol. The van der Waals surface area contributed by atoms with Crippen LogP contribution in [-0.4, -0.2) is 26.4 Å². The maximum absolute atomic E-state index is 12.3. The number of allylic oxidation sites excluding steroid dienone is 1. The summed E-state index contributed by atoms with van der Waals surface area (Å²) in [4.78, 5) is 0.369. The minimum Gasteiger partial charge on any atom is -0.373 e. The molecule has 3 nitrogen and oxygen atoms in total. The van der Waals surface area contributed by atoms with Crippen molar-refractivity contribution >= 4 is 9.84 Å². The van der Waals surface area contributed by atoms with E-state index >= 15 is 0 Å².